The largest absolute Gasteiger partial charge is 0.328 e. The zero-order valence-corrected chi connectivity index (χ0v) is 6.85. The van der Waals surface area contributed by atoms with E-state index >= 15 is 0 Å². The Kier molecular flexibility index (Phi) is 1.80. The molecule has 1 saturated heterocycles. The highest BCUT2D eigenvalue weighted by molar-refractivity contribution is 4.61. The van der Waals surface area contributed by atoms with Gasteiger partial charge in [0, 0.05) is 12.3 Å². The van der Waals surface area contributed by atoms with Crippen molar-refractivity contribution < 1.29 is 4.48 Å². The normalized spacial score (nSPS) is 33.0. The molecule has 1 unspecified atom stereocenters. The monoisotopic (exact) mass is 128 g/mol. The maximum absolute atomic E-state index is 2.33. The zero-order chi connectivity index (χ0) is 6.91. The molecule has 1 aliphatic heterocycles. The first-order valence-electron chi connectivity index (χ1n) is 3.96. The summed E-state index contributed by atoms with van der Waals surface area (Å²) in [4.78, 5) is 0. The van der Waals surface area contributed by atoms with Gasteiger partial charge < -0.3 is 4.48 Å². The molecule has 0 saturated carbocycles. The summed E-state index contributed by atoms with van der Waals surface area (Å²) in [6.45, 7) is 5.09. The molecule has 0 radical (unpaired) electrons. The van der Waals surface area contributed by atoms with E-state index in [4.69, 9.17) is 0 Å². The lowest BCUT2D eigenvalue weighted by molar-refractivity contribution is -0.879. The Balaban J connectivity index is 2.38. The molecule has 0 N–H and O–H groups in total. The Morgan fingerprint density at radius 2 is 2.11 bits per heavy atom. The third-order valence-electron chi connectivity index (χ3n) is 2.47. The fraction of sp³-hybridized carbons (Fsp3) is 1.00. The number of likely N-dealkylation sites (tertiary alicyclic amines) is 1. The fourth-order valence-electron chi connectivity index (χ4n) is 1.75. The maximum Gasteiger partial charge on any atom is 0.0813 e. The van der Waals surface area contributed by atoms with Crippen molar-refractivity contribution >= 4 is 0 Å². The van der Waals surface area contributed by atoms with Crippen molar-refractivity contribution in [2.45, 2.75) is 19.8 Å². The molecule has 1 heterocycles. The maximum atomic E-state index is 2.33. The molecular formula is C8H18N+. The molecule has 1 nitrogen and oxygen atoms in total. The minimum absolute atomic E-state index is 1.01. The highest BCUT2D eigenvalue weighted by Crippen LogP contribution is 2.22. The van der Waals surface area contributed by atoms with Gasteiger partial charge in [0.25, 0.3) is 0 Å². The number of quaternary nitrogens is 1. The van der Waals surface area contributed by atoms with Crippen LogP contribution in [0.2, 0.25) is 0 Å². The Labute approximate surface area is 58.3 Å². The highest BCUT2D eigenvalue weighted by Gasteiger charge is 2.28. The van der Waals surface area contributed by atoms with Gasteiger partial charge in [-0.2, -0.15) is 0 Å². The standard InChI is InChI=1S/C8H18N/c1-4-8-5-6-9(2,3)7-8/h8H,4-7H2,1-3H3/q+1. The molecule has 9 heavy (non-hydrogen) atoms. The third-order valence-corrected chi connectivity index (χ3v) is 2.47. The summed E-state index contributed by atoms with van der Waals surface area (Å²) < 4.78 is 1.25. The van der Waals surface area contributed by atoms with Crippen LogP contribution in [0.3, 0.4) is 0 Å². The summed E-state index contributed by atoms with van der Waals surface area (Å²) in [5.41, 5.74) is 0. The van der Waals surface area contributed by atoms with Crippen LogP contribution in [0.1, 0.15) is 19.8 Å². The fourth-order valence-corrected chi connectivity index (χ4v) is 1.75. The second-order valence-corrected chi connectivity index (χ2v) is 3.90. The van der Waals surface area contributed by atoms with Crippen LogP contribution in [0, 0.1) is 5.92 Å². The van der Waals surface area contributed by atoms with Gasteiger partial charge in [-0.15, -0.1) is 0 Å². The van der Waals surface area contributed by atoms with Gasteiger partial charge in [-0.05, 0) is 6.42 Å². The van der Waals surface area contributed by atoms with Gasteiger partial charge in [-0.25, -0.2) is 0 Å². The van der Waals surface area contributed by atoms with Crippen LogP contribution in [0.15, 0.2) is 0 Å². The summed E-state index contributed by atoms with van der Waals surface area (Å²) in [6.07, 6.45) is 2.82. The lowest BCUT2D eigenvalue weighted by Crippen LogP contribution is -2.36. The lowest BCUT2D eigenvalue weighted by atomic mass is 10.1. The molecule has 0 aromatic rings. The van der Waals surface area contributed by atoms with Crippen molar-refractivity contribution in [1.29, 1.82) is 0 Å². The molecule has 54 valence electrons. The van der Waals surface area contributed by atoms with Gasteiger partial charge in [0.15, 0.2) is 0 Å². The molecule has 0 amide bonds. The van der Waals surface area contributed by atoms with Crippen LogP contribution in [-0.2, 0) is 0 Å². The van der Waals surface area contributed by atoms with E-state index in [0.717, 1.165) is 5.92 Å². The number of nitrogens with zero attached hydrogens (tertiary/aromatic N) is 1. The molecule has 1 atom stereocenters. The summed E-state index contributed by atoms with van der Waals surface area (Å²) in [5, 5.41) is 0. The van der Waals surface area contributed by atoms with Gasteiger partial charge >= 0.3 is 0 Å². The van der Waals surface area contributed by atoms with Crippen LogP contribution < -0.4 is 0 Å². The van der Waals surface area contributed by atoms with Crippen LogP contribution in [0.25, 0.3) is 0 Å². The highest BCUT2D eigenvalue weighted by atomic mass is 15.3. The van der Waals surface area contributed by atoms with Crippen molar-refractivity contribution in [3.8, 4) is 0 Å². The molecule has 1 heteroatoms. The van der Waals surface area contributed by atoms with Crippen molar-refractivity contribution in [3.05, 3.63) is 0 Å². The summed E-state index contributed by atoms with van der Waals surface area (Å²) in [7, 11) is 4.66. The van der Waals surface area contributed by atoms with Crippen LogP contribution in [0.5, 0.6) is 0 Å². The zero-order valence-electron chi connectivity index (χ0n) is 6.85. The minimum Gasteiger partial charge on any atom is -0.328 e. The van der Waals surface area contributed by atoms with Crippen molar-refractivity contribution in [1.82, 2.24) is 0 Å². The summed E-state index contributed by atoms with van der Waals surface area (Å²) in [6, 6.07) is 0. The smallest absolute Gasteiger partial charge is 0.0813 e. The van der Waals surface area contributed by atoms with Gasteiger partial charge in [0.2, 0.25) is 0 Å². The Hall–Kier alpha value is -0.0400. The Morgan fingerprint density at radius 1 is 1.44 bits per heavy atom. The second-order valence-electron chi connectivity index (χ2n) is 3.90. The molecule has 1 fully saturated rings. The number of hydrogen-bond acceptors (Lipinski definition) is 0. The van der Waals surface area contributed by atoms with E-state index in [1.807, 2.05) is 0 Å². The first-order valence-corrected chi connectivity index (χ1v) is 3.96. The van der Waals surface area contributed by atoms with E-state index in [1.54, 1.807) is 0 Å². The number of rotatable bonds is 1. The second kappa shape index (κ2) is 2.30. The van der Waals surface area contributed by atoms with Crippen LogP contribution in [0.4, 0.5) is 0 Å². The minimum atomic E-state index is 1.01. The quantitative estimate of drug-likeness (QED) is 0.469. The summed E-state index contributed by atoms with van der Waals surface area (Å²) in [5.74, 6) is 1.01. The predicted molar refractivity (Wildman–Crippen MR) is 40.2 cm³/mol. The van der Waals surface area contributed by atoms with Crippen molar-refractivity contribution in [2.75, 3.05) is 27.2 Å². The van der Waals surface area contributed by atoms with Crippen molar-refractivity contribution in [3.63, 3.8) is 0 Å². The van der Waals surface area contributed by atoms with E-state index in [2.05, 4.69) is 21.0 Å². The molecule has 1 rings (SSSR count). The topological polar surface area (TPSA) is 0 Å². The third kappa shape index (κ3) is 1.68. The Morgan fingerprint density at radius 3 is 2.33 bits per heavy atom. The lowest BCUT2D eigenvalue weighted by Gasteiger charge is -2.23. The van der Waals surface area contributed by atoms with E-state index in [1.165, 1.54) is 30.4 Å². The first-order chi connectivity index (χ1) is 4.14. The van der Waals surface area contributed by atoms with E-state index < -0.39 is 0 Å². The van der Waals surface area contributed by atoms with Crippen LogP contribution in [-0.4, -0.2) is 31.7 Å². The summed E-state index contributed by atoms with van der Waals surface area (Å²) >= 11 is 0. The van der Waals surface area contributed by atoms with Gasteiger partial charge in [-0.3, -0.25) is 0 Å². The van der Waals surface area contributed by atoms with Gasteiger partial charge in [0.1, 0.15) is 0 Å². The first kappa shape index (κ1) is 7.07. The number of hydrogen-bond donors (Lipinski definition) is 0. The molecule has 0 bridgehead atoms. The van der Waals surface area contributed by atoms with E-state index in [0.29, 0.717) is 0 Å². The molecule has 0 aliphatic carbocycles. The Bertz CT molecular complexity index is 96.7. The van der Waals surface area contributed by atoms with E-state index in [-0.39, 0.29) is 0 Å². The van der Waals surface area contributed by atoms with E-state index in [9.17, 15) is 0 Å². The molecule has 1 aliphatic rings. The van der Waals surface area contributed by atoms with Gasteiger partial charge in [0.05, 0.1) is 27.2 Å². The molecule has 0 spiro atoms. The SMILES string of the molecule is CCC1CC[N+](C)(C)C1. The predicted octanol–water partition coefficient (Wildman–Crippen LogP) is 1.49. The molecular weight excluding hydrogens is 110 g/mol. The molecule has 0 aromatic carbocycles. The van der Waals surface area contributed by atoms with Crippen LogP contribution >= 0.6 is 0 Å². The molecule has 0 aromatic heterocycles. The van der Waals surface area contributed by atoms with Gasteiger partial charge in [-0.1, -0.05) is 6.92 Å². The van der Waals surface area contributed by atoms with Crippen molar-refractivity contribution in [2.24, 2.45) is 5.92 Å². The average molecular weight is 128 g/mol. The average Bonchev–Trinajstić information content (AvgIpc) is 2.10.